The van der Waals surface area contributed by atoms with Crippen LogP contribution in [0.4, 0.5) is 0 Å². The summed E-state index contributed by atoms with van der Waals surface area (Å²) in [6.07, 6.45) is 1.58. The van der Waals surface area contributed by atoms with Gasteiger partial charge in [-0.25, -0.2) is 0 Å². The fraction of sp³-hybridized carbons (Fsp3) is 0.857. The minimum Gasteiger partial charge on any atom is -0.377 e. The van der Waals surface area contributed by atoms with E-state index in [0.717, 1.165) is 6.42 Å². The summed E-state index contributed by atoms with van der Waals surface area (Å²) >= 11 is 0. The van der Waals surface area contributed by atoms with Gasteiger partial charge in [0.15, 0.2) is 0 Å². The Morgan fingerprint density at radius 2 is 2.30 bits per heavy atom. The first-order valence-electron chi connectivity index (χ1n) is 3.40. The molecule has 3 nitrogen and oxygen atoms in total. The van der Waals surface area contributed by atoms with Crippen molar-refractivity contribution in [2.75, 3.05) is 13.7 Å². The second-order valence-electron chi connectivity index (χ2n) is 2.51. The highest BCUT2D eigenvalue weighted by Gasteiger charge is 2.19. The largest absolute Gasteiger partial charge is 0.377 e. The summed E-state index contributed by atoms with van der Waals surface area (Å²) in [6, 6.07) is 0. The molecule has 10 heavy (non-hydrogen) atoms. The van der Waals surface area contributed by atoms with Gasteiger partial charge in [0.05, 0.1) is 5.60 Å². The predicted octanol–water partition coefficient (Wildman–Crippen LogP) is 0.547. The predicted molar refractivity (Wildman–Crippen MR) is 39.8 cm³/mol. The molecule has 0 fully saturated rings. The average molecular weight is 145 g/mol. The molecule has 0 aliphatic heterocycles. The summed E-state index contributed by atoms with van der Waals surface area (Å²) in [6.45, 7) is 4.56. The third-order valence-electron chi connectivity index (χ3n) is 1.80. The maximum Gasteiger partial charge on any atom is 0.207 e. The van der Waals surface area contributed by atoms with Gasteiger partial charge in [0.2, 0.25) is 6.41 Å². The Kier molecular flexibility index (Phi) is 4.03. The second-order valence-corrected chi connectivity index (χ2v) is 2.51. The number of methoxy groups -OCH3 is 1. The minimum absolute atomic E-state index is 0.207. The van der Waals surface area contributed by atoms with Crippen LogP contribution in [0, 0.1) is 0 Å². The molecule has 1 unspecified atom stereocenters. The van der Waals surface area contributed by atoms with Crippen molar-refractivity contribution in [3.05, 3.63) is 0 Å². The van der Waals surface area contributed by atoms with Gasteiger partial charge < -0.3 is 10.1 Å². The van der Waals surface area contributed by atoms with Crippen LogP contribution in [-0.4, -0.2) is 25.7 Å². The van der Waals surface area contributed by atoms with Gasteiger partial charge in [-0.1, -0.05) is 6.92 Å². The first-order valence-corrected chi connectivity index (χ1v) is 3.40. The lowest BCUT2D eigenvalue weighted by Gasteiger charge is -2.25. The van der Waals surface area contributed by atoms with E-state index in [-0.39, 0.29) is 5.60 Å². The molecule has 1 N–H and O–H groups in total. The maximum absolute atomic E-state index is 9.92. The molecule has 60 valence electrons. The molecule has 0 radical (unpaired) electrons. The van der Waals surface area contributed by atoms with Gasteiger partial charge in [0.25, 0.3) is 0 Å². The Hall–Kier alpha value is -0.570. The molecule has 0 spiro atoms. The van der Waals surface area contributed by atoms with E-state index in [9.17, 15) is 4.79 Å². The number of carbonyl (C=O) groups excluding carboxylic acids is 1. The van der Waals surface area contributed by atoms with Gasteiger partial charge in [-0.05, 0) is 13.3 Å². The lowest BCUT2D eigenvalue weighted by atomic mass is 10.0. The van der Waals surface area contributed by atoms with Crippen LogP contribution in [0.3, 0.4) is 0 Å². The number of hydrogen-bond acceptors (Lipinski definition) is 2. The van der Waals surface area contributed by atoms with E-state index in [1.54, 1.807) is 7.11 Å². The fourth-order valence-electron chi connectivity index (χ4n) is 0.599. The Morgan fingerprint density at radius 3 is 2.60 bits per heavy atom. The summed E-state index contributed by atoms with van der Waals surface area (Å²) in [7, 11) is 1.65. The molecule has 1 atom stereocenters. The van der Waals surface area contributed by atoms with E-state index >= 15 is 0 Å². The molecule has 0 saturated heterocycles. The Labute approximate surface area is 61.8 Å². The average Bonchev–Trinajstić information content (AvgIpc) is 2.00. The molecule has 3 heteroatoms. The Balaban J connectivity index is 3.68. The molecule has 0 aliphatic carbocycles. The molecule has 0 bridgehead atoms. The first-order chi connectivity index (χ1) is 4.68. The number of carbonyl (C=O) groups is 1. The SMILES string of the molecule is CCC(C)(CNC=O)OC. The van der Waals surface area contributed by atoms with Crippen molar-refractivity contribution >= 4 is 6.41 Å². The molecule has 0 aromatic rings. The zero-order valence-electron chi connectivity index (χ0n) is 6.81. The van der Waals surface area contributed by atoms with Crippen molar-refractivity contribution in [3.63, 3.8) is 0 Å². The highest BCUT2D eigenvalue weighted by molar-refractivity contribution is 5.46. The fourth-order valence-corrected chi connectivity index (χ4v) is 0.599. The van der Waals surface area contributed by atoms with Gasteiger partial charge in [0, 0.05) is 13.7 Å². The molecule has 0 saturated carbocycles. The first kappa shape index (κ1) is 9.43. The summed E-state index contributed by atoms with van der Waals surface area (Å²) in [5, 5.41) is 2.59. The summed E-state index contributed by atoms with van der Waals surface area (Å²) in [5.74, 6) is 0. The molecular weight excluding hydrogens is 130 g/mol. The van der Waals surface area contributed by atoms with E-state index in [2.05, 4.69) is 5.32 Å². The van der Waals surface area contributed by atoms with Crippen molar-refractivity contribution in [2.45, 2.75) is 25.9 Å². The van der Waals surface area contributed by atoms with Crippen LogP contribution in [0.25, 0.3) is 0 Å². The summed E-state index contributed by atoms with van der Waals surface area (Å²) < 4.78 is 5.17. The molecule has 0 aromatic heterocycles. The minimum atomic E-state index is -0.207. The van der Waals surface area contributed by atoms with E-state index < -0.39 is 0 Å². The number of hydrogen-bond donors (Lipinski definition) is 1. The van der Waals surface area contributed by atoms with Crippen molar-refractivity contribution in [1.29, 1.82) is 0 Å². The zero-order chi connectivity index (χ0) is 8.04. The maximum atomic E-state index is 9.92. The smallest absolute Gasteiger partial charge is 0.207 e. The molecule has 0 aromatic carbocycles. The van der Waals surface area contributed by atoms with Crippen molar-refractivity contribution in [2.24, 2.45) is 0 Å². The van der Waals surface area contributed by atoms with Gasteiger partial charge in [-0.2, -0.15) is 0 Å². The van der Waals surface area contributed by atoms with E-state index in [0.29, 0.717) is 13.0 Å². The lowest BCUT2D eigenvalue weighted by Crippen LogP contribution is -2.38. The van der Waals surface area contributed by atoms with E-state index in [1.807, 2.05) is 13.8 Å². The highest BCUT2D eigenvalue weighted by Crippen LogP contribution is 2.11. The van der Waals surface area contributed by atoms with Crippen LogP contribution in [0.1, 0.15) is 20.3 Å². The van der Waals surface area contributed by atoms with Gasteiger partial charge in [-0.3, -0.25) is 4.79 Å². The van der Waals surface area contributed by atoms with Gasteiger partial charge >= 0.3 is 0 Å². The third-order valence-corrected chi connectivity index (χ3v) is 1.80. The summed E-state index contributed by atoms with van der Waals surface area (Å²) in [5.41, 5.74) is -0.207. The lowest BCUT2D eigenvalue weighted by molar-refractivity contribution is -0.111. The van der Waals surface area contributed by atoms with Crippen molar-refractivity contribution in [1.82, 2.24) is 5.32 Å². The number of ether oxygens (including phenoxy) is 1. The topological polar surface area (TPSA) is 38.3 Å². The van der Waals surface area contributed by atoms with Crippen LogP contribution < -0.4 is 5.32 Å². The summed E-state index contributed by atoms with van der Waals surface area (Å²) in [4.78, 5) is 9.92. The van der Waals surface area contributed by atoms with Crippen molar-refractivity contribution in [3.8, 4) is 0 Å². The standard InChI is InChI=1S/C7H15NO2/c1-4-7(2,10-3)5-8-6-9/h6H,4-5H2,1-3H3,(H,8,9). The Bertz CT molecular complexity index is 99.8. The molecule has 0 rings (SSSR count). The molecule has 0 heterocycles. The molecule has 0 aliphatic rings. The zero-order valence-corrected chi connectivity index (χ0v) is 6.81. The normalized spacial score (nSPS) is 15.9. The highest BCUT2D eigenvalue weighted by atomic mass is 16.5. The van der Waals surface area contributed by atoms with Crippen LogP contribution >= 0.6 is 0 Å². The quantitative estimate of drug-likeness (QED) is 0.574. The van der Waals surface area contributed by atoms with Gasteiger partial charge in [-0.15, -0.1) is 0 Å². The van der Waals surface area contributed by atoms with Gasteiger partial charge in [0.1, 0.15) is 0 Å². The molecular formula is C7H15NO2. The third kappa shape index (κ3) is 2.82. The van der Waals surface area contributed by atoms with Crippen LogP contribution in [0.2, 0.25) is 0 Å². The number of rotatable bonds is 5. The Morgan fingerprint density at radius 1 is 1.70 bits per heavy atom. The van der Waals surface area contributed by atoms with Crippen LogP contribution in [0.5, 0.6) is 0 Å². The number of nitrogens with one attached hydrogen (secondary N) is 1. The molecule has 1 amide bonds. The van der Waals surface area contributed by atoms with Crippen LogP contribution in [0.15, 0.2) is 0 Å². The van der Waals surface area contributed by atoms with E-state index in [1.165, 1.54) is 0 Å². The van der Waals surface area contributed by atoms with E-state index in [4.69, 9.17) is 4.74 Å². The van der Waals surface area contributed by atoms with Crippen molar-refractivity contribution < 1.29 is 9.53 Å². The monoisotopic (exact) mass is 145 g/mol. The van der Waals surface area contributed by atoms with Crippen LogP contribution in [-0.2, 0) is 9.53 Å². The number of amides is 1. The second kappa shape index (κ2) is 4.28.